The van der Waals surface area contributed by atoms with Crippen molar-refractivity contribution in [3.05, 3.63) is 0 Å². The molecule has 1 aliphatic heterocycles. The molecule has 0 aromatic heterocycles. The Labute approximate surface area is 86.5 Å². The van der Waals surface area contributed by atoms with Gasteiger partial charge in [0.15, 0.2) is 0 Å². The van der Waals surface area contributed by atoms with Crippen LogP contribution < -0.4 is 5.32 Å². The topological polar surface area (TPSA) is 15.3 Å². The van der Waals surface area contributed by atoms with E-state index in [2.05, 4.69) is 5.32 Å². The third kappa shape index (κ3) is 3.89. The lowest BCUT2D eigenvalue weighted by atomic mass is 10.2. The van der Waals surface area contributed by atoms with Crippen LogP contribution in [0, 0.1) is 0 Å². The molecule has 0 bridgehead atoms. The summed E-state index contributed by atoms with van der Waals surface area (Å²) < 4.78 is 35.9. The highest BCUT2D eigenvalue weighted by Gasteiger charge is 2.31. The minimum Gasteiger partial charge on any atom is -0.308 e. The van der Waals surface area contributed by atoms with Crippen LogP contribution in [0.25, 0.3) is 0 Å². The summed E-state index contributed by atoms with van der Waals surface area (Å²) in [5.74, 6) is 0. The third-order valence-corrected chi connectivity index (χ3v) is 2.58. The summed E-state index contributed by atoms with van der Waals surface area (Å²) in [7, 11) is 1.45. The average molecular weight is 226 g/mol. The van der Waals surface area contributed by atoms with Crippen molar-refractivity contribution in [1.29, 1.82) is 0 Å². The molecule has 0 spiro atoms. The van der Waals surface area contributed by atoms with E-state index in [-0.39, 0.29) is 6.04 Å². The van der Waals surface area contributed by atoms with Crippen LogP contribution in [-0.4, -0.2) is 48.7 Å². The van der Waals surface area contributed by atoms with Crippen LogP contribution in [0.2, 0.25) is 0 Å². The zero-order valence-electron chi connectivity index (χ0n) is 7.90. The molecule has 1 rings (SSSR count). The maximum atomic E-state index is 12.0. The molecule has 0 aliphatic carbocycles. The number of alkyl halides is 3. The Kier molecular flexibility index (Phi) is 3.86. The van der Waals surface area contributed by atoms with Crippen LogP contribution in [-0.2, 0) is 0 Å². The fraction of sp³-hybridized carbons (Fsp3) is 0.875. The molecule has 1 unspecified atom stereocenters. The number of nitrogens with zero attached hydrogens (tertiary/aromatic N) is 1. The van der Waals surface area contributed by atoms with Crippen LogP contribution in [0.4, 0.5) is 13.2 Å². The first kappa shape index (κ1) is 11.9. The Morgan fingerprint density at radius 1 is 1.57 bits per heavy atom. The Bertz CT molecular complexity index is 217. The van der Waals surface area contributed by atoms with Crippen molar-refractivity contribution >= 4 is 17.1 Å². The van der Waals surface area contributed by atoms with Crippen LogP contribution in [0.15, 0.2) is 0 Å². The predicted molar refractivity (Wildman–Crippen MR) is 52.6 cm³/mol. The number of thiocarbonyl (C=S) groups is 1. The third-order valence-electron chi connectivity index (χ3n) is 2.09. The summed E-state index contributed by atoms with van der Waals surface area (Å²) in [6, 6.07) is -0.0580. The fourth-order valence-corrected chi connectivity index (χ4v) is 1.77. The monoisotopic (exact) mass is 226 g/mol. The van der Waals surface area contributed by atoms with Gasteiger partial charge in [0.2, 0.25) is 0 Å². The molecule has 2 nitrogen and oxygen atoms in total. The average Bonchev–Trinajstić information content (AvgIpc) is 2.32. The van der Waals surface area contributed by atoms with E-state index in [0.717, 1.165) is 17.8 Å². The fourth-order valence-electron chi connectivity index (χ4n) is 1.51. The molecule has 14 heavy (non-hydrogen) atoms. The van der Waals surface area contributed by atoms with Gasteiger partial charge < -0.3 is 5.32 Å². The largest absolute Gasteiger partial charge is 0.401 e. The van der Waals surface area contributed by atoms with Gasteiger partial charge in [-0.1, -0.05) is 12.2 Å². The van der Waals surface area contributed by atoms with E-state index in [1.807, 2.05) is 0 Å². The number of hydrogen-bond donors (Lipinski definition) is 1. The highest BCUT2D eigenvalue weighted by atomic mass is 32.1. The number of halogens is 3. The van der Waals surface area contributed by atoms with Gasteiger partial charge in [-0.25, -0.2) is 0 Å². The second-order valence-corrected chi connectivity index (χ2v) is 4.06. The van der Waals surface area contributed by atoms with E-state index in [9.17, 15) is 13.2 Å². The van der Waals surface area contributed by atoms with Gasteiger partial charge in [-0.3, -0.25) is 4.90 Å². The molecule has 0 aromatic rings. The Balaban J connectivity index is 2.33. The van der Waals surface area contributed by atoms with Crippen molar-refractivity contribution < 1.29 is 13.2 Å². The minimum absolute atomic E-state index is 0.0580. The molecule has 0 saturated carbocycles. The lowest BCUT2D eigenvalue weighted by Crippen LogP contribution is -2.42. The zero-order chi connectivity index (χ0) is 10.8. The maximum Gasteiger partial charge on any atom is 0.401 e. The van der Waals surface area contributed by atoms with Crippen LogP contribution in [0.5, 0.6) is 0 Å². The van der Waals surface area contributed by atoms with E-state index in [4.69, 9.17) is 12.2 Å². The van der Waals surface area contributed by atoms with Gasteiger partial charge in [-0.15, -0.1) is 0 Å². The summed E-state index contributed by atoms with van der Waals surface area (Å²) in [5.41, 5.74) is 0. The minimum atomic E-state index is -4.13. The highest BCUT2D eigenvalue weighted by Crippen LogP contribution is 2.16. The number of rotatable bonds is 3. The number of hydrogen-bond acceptors (Lipinski definition) is 3. The molecular formula is C8H13F3N2S. The van der Waals surface area contributed by atoms with E-state index in [1.54, 1.807) is 0 Å². The first-order valence-corrected chi connectivity index (χ1v) is 4.81. The maximum absolute atomic E-state index is 12.0. The van der Waals surface area contributed by atoms with Crippen molar-refractivity contribution in [2.24, 2.45) is 0 Å². The van der Waals surface area contributed by atoms with Gasteiger partial charge in [-0.2, -0.15) is 13.2 Å². The molecule has 1 aliphatic rings. The van der Waals surface area contributed by atoms with Gasteiger partial charge in [0.05, 0.1) is 12.6 Å². The van der Waals surface area contributed by atoms with E-state index in [0.29, 0.717) is 6.54 Å². The van der Waals surface area contributed by atoms with Gasteiger partial charge in [-0.05, 0) is 13.5 Å². The van der Waals surface area contributed by atoms with Crippen LogP contribution in [0.3, 0.4) is 0 Å². The molecule has 6 heteroatoms. The molecule has 0 amide bonds. The molecule has 1 fully saturated rings. The van der Waals surface area contributed by atoms with E-state index < -0.39 is 12.7 Å². The number of nitrogens with one attached hydrogen (secondary N) is 1. The standard InChI is InChI=1S/C8H13F3N2S/c1-13(5-8(9,10)11)4-6-7(14)2-3-12-6/h6,12H,2-5H2,1H3. The van der Waals surface area contributed by atoms with Gasteiger partial charge in [0.25, 0.3) is 0 Å². The van der Waals surface area contributed by atoms with Crippen molar-refractivity contribution in [3.63, 3.8) is 0 Å². The molecule has 82 valence electrons. The van der Waals surface area contributed by atoms with Crippen molar-refractivity contribution in [3.8, 4) is 0 Å². The zero-order valence-corrected chi connectivity index (χ0v) is 8.71. The van der Waals surface area contributed by atoms with E-state index >= 15 is 0 Å². The van der Waals surface area contributed by atoms with Gasteiger partial charge in [0, 0.05) is 18.0 Å². The summed E-state index contributed by atoms with van der Waals surface area (Å²) >= 11 is 5.03. The summed E-state index contributed by atoms with van der Waals surface area (Å²) in [6.45, 7) is 0.232. The Morgan fingerprint density at radius 3 is 2.64 bits per heavy atom. The molecule has 0 aromatic carbocycles. The lowest BCUT2D eigenvalue weighted by molar-refractivity contribution is -0.143. The normalized spacial score (nSPS) is 23.5. The van der Waals surface area contributed by atoms with Crippen molar-refractivity contribution in [1.82, 2.24) is 10.2 Å². The lowest BCUT2D eigenvalue weighted by Gasteiger charge is -2.22. The summed E-state index contributed by atoms with van der Waals surface area (Å²) in [4.78, 5) is 2.08. The highest BCUT2D eigenvalue weighted by molar-refractivity contribution is 7.80. The molecule has 0 radical (unpaired) electrons. The SMILES string of the molecule is CN(CC1NCCC1=S)CC(F)(F)F. The number of likely N-dealkylation sites (N-methyl/N-ethyl adjacent to an activating group) is 1. The Morgan fingerprint density at radius 2 is 2.21 bits per heavy atom. The van der Waals surface area contributed by atoms with Crippen LogP contribution >= 0.6 is 12.2 Å². The first-order chi connectivity index (χ1) is 6.38. The molecule has 1 saturated heterocycles. The summed E-state index contributed by atoms with van der Waals surface area (Å²) in [6.07, 6.45) is -3.34. The van der Waals surface area contributed by atoms with Gasteiger partial charge in [0.1, 0.15) is 0 Å². The van der Waals surface area contributed by atoms with Crippen molar-refractivity contribution in [2.45, 2.75) is 18.6 Å². The quantitative estimate of drug-likeness (QED) is 0.728. The molecule has 1 N–H and O–H groups in total. The van der Waals surface area contributed by atoms with Gasteiger partial charge >= 0.3 is 6.18 Å². The second-order valence-electron chi connectivity index (χ2n) is 3.53. The van der Waals surface area contributed by atoms with Crippen molar-refractivity contribution in [2.75, 3.05) is 26.7 Å². The smallest absolute Gasteiger partial charge is 0.308 e. The molecular weight excluding hydrogens is 213 g/mol. The van der Waals surface area contributed by atoms with E-state index in [1.165, 1.54) is 11.9 Å². The predicted octanol–water partition coefficient (Wildman–Crippen LogP) is 1.21. The summed E-state index contributed by atoms with van der Waals surface area (Å²) in [5, 5.41) is 3.07. The Hall–Kier alpha value is -0.200. The molecule has 1 atom stereocenters. The molecule has 1 heterocycles. The van der Waals surface area contributed by atoms with Crippen LogP contribution in [0.1, 0.15) is 6.42 Å². The second kappa shape index (κ2) is 4.55. The first-order valence-electron chi connectivity index (χ1n) is 4.40.